The van der Waals surface area contributed by atoms with Crippen LogP contribution in [0.15, 0.2) is 41.3 Å². The van der Waals surface area contributed by atoms with Gasteiger partial charge in [0, 0.05) is 7.05 Å². The standard InChI is InChI=1S/C20H24N4O6S/c1-13-7-9-14(10-8-13)31(29,30)23(2)11-17(25)21-22-18(26)12-24-19(27)15-5-3-4-6-16(15)20(24)28/h3-4,7-10,15-16H,5-6,11-12H2,1-2H3,(H,21,25)(H,22,26)/t15-,16-/m1/s1. The molecular weight excluding hydrogens is 424 g/mol. The Balaban J connectivity index is 1.50. The molecule has 0 unspecified atom stereocenters. The van der Waals surface area contributed by atoms with Crippen LogP contribution in [0.4, 0.5) is 0 Å². The van der Waals surface area contributed by atoms with Crippen LogP contribution in [-0.2, 0) is 29.2 Å². The van der Waals surface area contributed by atoms with Gasteiger partial charge in [0.2, 0.25) is 21.8 Å². The number of carbonyl (C=O) groups is 4. The third-order valence-corrected chi connectivity index (χ3v) is 7.15. The zero-order valence-electron chi connectivity index (χ0n) is 17.2. The Labute approximate surface area is 180 Å². The van der Waals surface area contributed by atoms with Crippen molar-refractivity contribution in [3.8, 4) is 0 Å². The van der Waals surface area contributed by atoms with E-state index < -0.39 is 58.6 Å². The molecule has 2 aliphatic rings. The number of aryl methyl sites for hydroxylation is 1. The molecule has 0 radical (unpaired) electrons. The van der Waals surface area contributed by atoms with Crippen LogP contribution in [0.1, 0.15) is 18.4 Å². The number of fused-ring (bicyclic) bond motifs is 1. The van der Waals surface area contributed by atoms with E-state index in [9.17, 15) is 27.6 Å². The summed E-state index contributed by atoms with van der Waals surface area (Å²) in [5.74, 6) is -3.22. The molecule has 1 saturated heterocycles. The number of rotatable bonds is 6. The van der Waals surface area contributed by atoms with Crippen LogP contribution in [0.5, 0.6) is 0 Å². The molecule has 0 bridgehead atoms. The number of hydrogen-bond donors (Lipinski definition) is 2. The van der Waals surface area contributed by atoms with E-state index >= 15 is 0 Å². The first-order chi connectivity index (χ1) is 14.6. The number of hydrogen-bond acceptors (Lipinski definition) is 6. The maximum Gasteiger partial charge on any atom is 0.258 e. The number of nitrogens with zero attached hydrogens (tertiary/aromatic N) is 2. The van der Waals surface area contributed by atoms with Crippen molar-refractivity contribution in [3.63, 3.8) is 0 Å². The molecule has 31 heavy (non-hydrogen) atoms. The summed E-state index contributed by atoms with van der Waals surface area (Å²) in [6.45, 7) is 0.778. The predicted octanol–water partition coefficient (Wildman–Crippen LogP) is -0.286. The van der Waals surface area contributed by atoms with Gasteiger partial charge in [-0.3, -0.25) is 34.9 Å². The lowest BCUT2D eigenvalue weighted by Crippen LogP contribution is -2.50. The largest absolute Gasteiger partial charge is 0.274 e. The minimum atomic E-state index is -3.88. The molecular formula is C20H24N4O6S. The highest BCUT2D eigenvalue weighted by Crippen LogP contribution is 2.34. The molecule has 166 valence electrons. The molecule has 0 spiro atoms. The van der Waals surface area contributed by atoms with Crippen molar-refractivity contribution in [2.45, 2.75) is 24.7 Å². The quantitative estimate of drug-likeness (QED) is 0.349. The lowest BCUT2D eigenvalue weighted by atomic mass is 9.85. The Hall–Kier alpha value is -3.05. The fourth-order valence-corrected chi connectivity index (χ4v) is 4.69. The fraction of sp³-hybridized carbons (Fsp3) is 0.400. The van der Waals surface area contributed by atoms with Crippen LogP contribution in [-0.4, -0.2) is 61.4 Å². The minimum absolute atomic E-state index is 0.0412. The maximum atomic E-state index is 12.5. The van der Waals surface area contributed by atoms with Crippen molar-refractivity contribution in [3.05, 3.63) is 42.0 Å². The van der Waals surface area contributed by atoms with Crippen LogP contribution in [0.3, 0.4) is 0 Å². The van der Waals surface area contributed by atoms with Gasteiger partial charge in [-0.15, -0.1) is 0 Å². The summed E-state index contributed by atoms with van der Waals surface area (Å²) in [6.07, 6.45) is 4.62. The SMILES string of the molecule is Cc1ccc(S(=O)(=O)N(C)CC(=O)NNC(=O)CN2C(=O)[C@@H]3CC=CC[C@H]3C2=O)cc1. The molecule has 4 amide bonds. The maximum absolute atomic E-state index is 12.5. The van der Waals surface area contributed by atoms with Gasteiger partial charge in [0.25, 0.3) is 11.8 Å². The van der Waals surface area contributed by atoms with Crippen molar-refractivity contribution in [2.24, 2.45) is 11.8 Å². The number of likely N-dealkylation sites (tertiary alicyclic amines) is 1. The number of allylic oxidation sites excluding steroid dienone is 2. The molecule has 10 nitrogen and oxygen atoms in total. The summed E-state index contributed by atoms with van der Waals surface area (Å²) < 4.78 is 25.9. The van der Waals surface area contributed by atoms with E-state index in [1.807, 2.05) is 19.1 Å². The van der Waals surface area contributed by atoms with Crippen molar-refractivity contribution in [1.29, 1.82) is 0 Å². The topological polar surface area (TPSA) is 133 Å². The van der Waals surface area contributed by atoms with Crippen LogP contribution in [0.2, 0.25) is 0 Å². The van der Waals surface area contributed by atoms with E-state index in [0.717, 1.165) is 14.8 Å². The molecule has 2 atom stereocenters. The number of benzene rings is 1. The number of nitrogens with one attached hydrogen (secondary N) is 2. The molecule has 1 aromatic carbocycles. The average molecular weight is 449 g/mol. The Morgan fingerprint density at radius 3 is 2.06 bits per heavy atom. The van der Waals surface area contributed by atoms with Gasteiger partial charge < -0.3 is 0 Å². The van der Waals surface area contributed by atoms with E-state index in [-0.39, 0.29) is 4.90 Å². The molecule has 0 saturated carbocycles. The number of likely N-dealkylation sites (N-methyl/N-ethyl adjacent to an activating group) is 1. The Bertz CT molecular complexity index is 1010. The highest BCUT2D eigenvalue weighted by Gasteiger charge is 2.47. The minimum Gasteiger partial charge on any atom is -0.274 e. The first-order valence-electron chi connectivity index (χ1n) is 9.72. The third kappa shape index (κ3) is 4.83. The van der Waals surface area contributed by atoms with Crippen LogP contribution < -0.4 is 10.9 Å². The summed E-state index contributed by atoms with van der Waals surface area (Å²) in [4.78, 5) is 49.9. The number of carbonyl (C=O) groups excluding carboxylic acids is 4. The second kappa shape index (κ2) is 8.98. The molecule has 11 heteroatoms. The lowest BCUT2D eigenvalue weighted by molar-refractivity contribution is -0.144. The van der Waals surface area contributed by atoms with Gasteiger partial charge in [-0.1, -0.05) is 29.8 Å². The van der Waals surface area contributed by atoms with Crippen molar-refractivity contribution < 1.29 is 27.6 Å². The highest BCUT2D eigenvalue weighted by atomic mass is 32.2. The van der Waals surface area contributed by atoms with Crippen LogP contribution in [0, 0.1) is 18.8 Å². The molecule has 1 aliphatic heterocycles. The van der Waals surface area contributed by atoms with Gasteiger partial charge in [-0.2, -0.15) is 4.31 Å². The Kier molecular flexibility index (Phi) is 6.56. The average Bonchev–Trinajstić information content (AvgIpc) is 2.97. The molecule has 3 rings (SSSR count). The predicted molar refractivity (Wildman–Crippen MR) is 109 cm³/mol. The number of hydrazine groups is 1. The van der Waals surface area contributed by atoms with Crippen LogP contribution >= 0.6 is 0 Å². The number of amides is 4. The smallest absolute Gasteiger partial charge is 0.258 e. The molecule has 1 aliphatic carbocycles. The summed E-state index contributed by atoms with van der Waals surface area (Å²) >= 11 is 0. The number of sulfonamides is 1. The molecule has 0 aromatic heterocycles. The zero-order valence-corrected chi connectivity index (χ0v) is 18.0. The summed E-state index contributed by atoms with van der Waals surface area (Å²) in [5.41, 5.74) is 5.12. The monoisotopic (exact) mass is 448 g/mol. The highest BCUT2D eigenvalue weighted by molar-refractivity contribution is 7.89. The second-order valence-electron chi connectivity index (χ2n) is 7.59. The van der Waals surface area contributed by atoms with Crippen molar-refractivity contribution in [1.82, 2.24) is 20.1 Å². The van der Waals surface area contributed by atoms with E-state index in [1.54, 1.807) is 12.1 Å². The van der Waals surface area contributed by atoms with E-state index in [1.165, 1.54) is 19.2 Å². The van der Waals surface area contributed by atoms with E-state index in [4.69, 9.17) is 0 Å². The van der Waals surface area contributed by atoms with Crippen molar-refractivity contribution >= 4 is 33.7 Å². The van der Waals surface area contributed by atoms with E-state index in [2.05, 4.69) is 10.9 Å². The Morgan fingerprint density at radius 1 is 1.00 bits per heavy atom. The first-order valence-corrected chi connectivity index (χ1v) is 11.2. The first kappa shape index (κ1) is 22.6. The summed E-state index contributed by atoms with van der Waals surface area (Å²) in [7, 11) is -2.63. The van der Waals surface area contributed by atoms with Gasteiger partial charge in [0.05, 0.1) is 23.3 Å². The summed E-state index contributed by atoms with van der Waals surface area (Å²) in [5, 5.41) is 0. The van der Waals surface area contributed by atoms with Gasteiger partial charge >= 0.3 is 0 Å². The third-order valence-electron chi connectivity index (χ3n) is 5.34. The van der Waals surface area contributed by atoms with Gasteiger partial charge in [0.1, 0.15) is 6.54 Å². The summed E-state index contributed by atoms with van der Waals surface area (Å²) in [6, 6.07) is 6.18. The normalized spacial score (nSPS) is 20.7. The van der Waals surface area contributed by atoms with Gasteiger partial charge in [0.15, 0.2) is 0 Å². The zero-order chi connectivity index (χ0) is 22.8. The van der Waals surface area contributed by atoms with Crippen molar-refractivity contribution in [2.75, 3.05) is 20.1 Å². The molecule has 1 heterocycles. The Morgan fingerprint density at radius 2 is 1.52 bits per heavy atom. The van der Waals surface area contributed by atoms with Gasteiger partial charge in [-0.05, 0) is 31.9 Å². The number of imide groups is 1. The van der Waals surface area contributed by atoms with Gasteiger partial charge in [-0.25, -0.2) is 8.42 Å². The second-order valence-corrected chi connectivity index (χ2v) is 9.63. The molecule has 2 N–H and O–H groups in total. The lowest BCUT2D eigenvalue weighted by Gasteiger charge is -2.18. The van der Waals surface area contributed by atoms with E-state index in [0.29, 0.717) is 12.8 Å². The fourth-order valence-electron chi connectivity index (χ4n) is 3.56. The molecule has 1 fully saturated rings. The molecule has 1 aromatic rings. The van der Waals surface area contributed by atoms with Crippen LogP contribution in [0.25, 0.3) is 0 Å².